The van der Waals surface area contributed by atoms with Crippen LogP contribution in [0.5, 0.6) is 0 Å². The van der Waals surface area contributed by atoms with Gasteiger partial charge in [-0.25, -0.2) is 0 Å². The van der Waals surface area contributed by atoms with Crippen molar-refractivity contribution in [2.24, 2.45) is 23.7 Å². The lowest BCUT2D eigenvalue weighted by Crippen LogP contribution is -2.42. The van der Waals surface area contributed by atoms with Gasteiger partial charge in [-0.15, -0.1) is 0 Å². The number of Topliss-reactive ketones (excluding diaryl/α,β-unsaturated/α-hetero) is 1. The topological polar surface area (TPSA) is 17.1 Å². The Morgan fingerprint density at radius 2 is 1.32 bits per heavy atom. The number of rotatable bonds is 4. The minimum Gasteiger partial charge on any atom is -0.297 e. The third-order valence-electron chi connectivity index (χ3n) is 5.22. The largest absolute Gasteiger partial charge is 0.297 e. The molecule has 2 atom stereocenters. The van der Waals surface area contributed by atoms with Crippen LogP contribution in [0.4, 0.5) is 0 Å². The van der Waals surface area contributed by atoms with Gasteiger partial charge in [-0.05, 0) is 48.4 Å². The minimum absolute atomic E-state index is 0.318. The first kappa shape index (κ1) is 13.3. The zero-order chi connectivity index (χ0) is 14.7. The molecule has 3 aliphatic rings. The summed E-state index contributed by atoms with van der Waals surface area (Å²) < 4.78 is -0.318. The molecule has 5 rings (SSSR count). The summed E-state index contributed by atoms with van der Waals surface area (Å²) in [5.74, 6) is 3.20. The van der Waals surface area contributed by atoms with Gasteiger partial charge in [0.1, 0.15) is 4.08 Å². The van der Waals surface area contributed by atoms with Gasteiger partial charge in [-0.1, -0.05) is 59.9 Å². The van der Waals surface area contributed by atoms with Crippen molar-refractivity contribution in [3.05, 3.63) is 60.7 Å². The maximum absolute atomic E-state index is 13.1. The molecule has 3 heteroatoms. The van der Waals surface area contributed by atoms with Crippen molar-refractivity contribution in [1.29, 1.82) is 0 Å². The Kier molecular flexibility index (Phi) is 2.81. The van der Waals surface area contributed by atoms with Crippen molar-refractivity contribution in [3.63, 3.8) is 0 Å². The Morgan fingerprint density at radius 1 is 0.818 bits per heavy atom. The van der Waals surface area contributed by atoms with E-state index in [0.717, 1.165) is 24.2 Å². The number of benzene rings is 2. The maximum atomic E-state index is 13.1. The van der Waals surface area contributed by atoms with E-state index < -0.39 is 0 Å². The Labute approximate surface area is 138 Å². The van der Waals surface area contributed by atoms with E-state index in [9.17, 15) is 4.79 Å². The average molecular weight is 324 g/mol. The van der Waals surface area contributed by atoms with Gasteiger partial charge in [0, 0.05) is 15.7 Å². The molecule has 0 N–H and O–H groups in total. The fourth-order valence-corrected chi connectivity index (χ4v) is 7.14. The number of carbonyl (C=O) groups is 1. The smallest absolute Gasteiger partial charge is 0.163 e. The molecule has 0 bridgehead atoms. The van der Waals surface area contributed by atoms with Crippen LogP contribution in [0.2, 0.25) is 0 Å². The monoisotopic (exact) mass is 324 g/mol. The molecule has 3 fully saturated rings. The molecule has 3 saturated carbocycles. The van der Waals surface area contributed by atoms with E-state index in [1.165, 1.54) is 9.79 Å². The lowest BCUT2D eigenvalue weighted by atomic mass is 9.86. The number of ketones is 1. The standard InChI is InChI=1S/C19H16OS2/c20-18-17-15-14(16(15)17)11-19(18,21-12-7-3-1-4-8-12)22-13-9-5-2-6-10-13/h1-10,14-17H,11H2. The molecule has 0 spiro atoms. The lowest BCUT2D eigenvalue weighted by molar-refractivity contribution is -0.124. The number of carbonyl (C=O) groups excluding carboxylic acids is 1. The molecular formula is C19H16OS2. The van der Waals surface area contributed by atoms with Crippen molar-refractivity contribution < 1.29 is 4.79 Å². The number of hydrogen-bond acceptors (Lipinski definition) is 3. The summed E-state index contributed by atoms with van der Waals surface area (Å²) in [5.41, 5.74) is 0. The molecule has 0 aliphatic heterocycles. The van der Waals surface area contributed by atoms with E-state index in [1.807, 2.05) is 12.1 Å². The van der Waals surface area contributed by atoms with Crippen LogP contribution in [0.1, 0.15) is 6.42 Å². The summed E-state index contributed by atoms with van der Waals surface area (Å²) in [6.07, 6.45) is 1.04. The predicted molar refractivity (Wildman–Crippen MR) is 90.9 cm³/mol. The van der Waals surface area contributed by atoms with Gasteiger partial charge in [0.2, 0.25) is 0 Å². The molecule has 2 aromatic rings. The Balaban J connectivity index is 1.49. The zero-order valence-corrected chi connectivity index (χ0v) is 13.6. The van der Waals surface area contributed by atoms with Gasteiger partial charge in [0.05, 0.1) is 0 Å². The SMILES string of the molecule is O=C1C2C3C(CC1(Sc1ccccc1)Sc1ccccc1)C23. The van der Waals surface area contributed by atoms with Gasteiger partial charge in [-0.3, -0.25) is 4.79 Å². The molecular weight excluding hydrogens is 308 g/mol. The Bertz CT molecular complexity index is 676. The van der Waals surface area contributed by atoms with E-state index in [-0.39, 0.29) is 4.08 Å². The van der Waals surface area contributed by atoms with Crippen LogP contribution in [0.25, 0.3) is 0 Å². The molecule has 110 valence electrons. The van der Waals surface area contributed by atoms with E-state index in [1.54, 1.807) is 23.5 Å². The summed E-state index contributed by atoms with van der Waals surface area (Å²) in [6, 6.07) is 20.8. The third-order valence-corrected chi connectivity index (χ3v) is 8.13. The molecule has 0 aromatic heterocycles. The van der Waals surface area contributed by atoms with Crippen molar-refractivity contribution in [2.75, 3.05) is 0 Å². The highest BCUT2D eigenvalue weighted by Crippen LogP contribution is 2.81. The van der Waals surface area contributed by atoms with Gasteiger partial charge in [-0.2, -0.15) is 0 Å². The highest BCUT2D eigenvalue weighted by Gasteiger charge is 2.82. The number of hydrogen-bond donors (Lipinski definition) is 0. The predicted octanol–water partition coefficient (Wildman–Crippen LogP) is 4.73. The first-order valence-electron chi connectivity index (χ1n) is 7.81. The van der Waals surface area contributed by atoms with Crippen molar-refractivity contribution >= 4 is 29.3 Å². The Hall–Kier alpha value is -1.19. The maximum Gasteiger partial charge on any atom is 0.163 e. The van der Waals surface area contributed by atoms with Crippen molar-refractivity contribution in [1.82, 2.24) is 0 Å². The summed E-state index contributed by atoms with van der Waals surface area (Å²) >= 11 is 3.55. The highest BCUT2D eigenvalue weighted by atomic mass is 32.2. The highest BCUT2D eigenvalue weighted by molar-refractivity contribution is 8.19. The van der Waals surface area contributed by atoms with Crippen molar-refractivity contribution in [3.8, 4) is 0 Å². The fourth-order valence-electron chi connectivity index (χ4n) is 4.02. The van der Waals surface area contributed by atoms with E-state index in [2.05, 4.69) is 48.5 Å². The molecule has 22 heavy (non-hydrogen) atoms. The Morgan fingerprint density at radius 3 is 1.77 bits per heavy atom. The van der Waals surface area contributed by atoms with Crippen LogP contribution in [-0.2, 0) is 4.79 Å². The third kappa shape index (κ3) is 1.92. The molecule has 1 nitrogen and oxygen atoms in total. The molecule has 3 aliphatic carbocycles. The van der Waals surface area contributed by atoms with E-state index in [0.29, 0.717) is 11.7 Å². The summed E-state index contributed by atoms with van der Waals surface area (Å²) in [6.45, 7) is 0. The van der Waals surface area contributed by atoms with Gasteiger partial charge < -0.3 is 0 Å². The summed E-state index contributed by atoms with van der Waals surface area (Å²) in [7, 11) is 0. The van der Waals surface area contributed by atoms with E-state index in [4.69, 9.17) is 0 Å². The summed E-state index contributed by atoms with van der Waals surface area (Å²) in [4.78, 5) is 15.5. The zero-order valence-electron chi connectivity index (χ0n) is 12.0. The number of thioether (sulfide) groups is 2. The van der Waals surface area contributed by atoms with E-state index >= 15 is 0 Å². The molecule has 2 unspecified atom stereocenters. The van der Waals surface area contributed by atoms with Crippen molar-refractivity contribution in [2.45, 2.75) is 20.3 Å². The minimum atomic E-state index is -0.318. The first-order valence-corrected chi connectivity index (χ1v) is 9.44. The normalized spacial score (nSPS) is 33.2. The molecule has 0 radical (unpaired) electrons. The molecule has 0 heterocycles. The second kappa shape index (κ2) is 4.65. The van der Waals surface area contributed by atoms with Crippen LogP contribution in [0, 0.1) is 23.7 Å². The second-order valence-corrected chi connectivity index (χ2v) is 9.50. The second-order valence-electron chi connectivity index (χ2n) is 6.50. The summed E-state index contributed by atoms with van der Waals surface area (Å²) in [5, 5.41) is 0. The number of fused-ring (bicyclic) bond motifs is 2. The van der Waals surface area contributed by atoms with Crippen LogP contribution < -0.4 is 0 Å². The van der Waals surface area contributed by atoms with Gasteiger partial charge in [0.25, 0.3) is 0 Å². The van der Waals surface area contributed by atoms with Gasteiger partial charge in [0.15, 0.2) is 5.78 Å². The molecule has 0 saturated heterocycles. The van der Waals surface area contributed by atoms with Crippen LogP contribution >= 0.6 is 23.5 Å². The van der Waals surface area contributed by atoms with Gasteiger partial charge >= 0.3 is 0 Å². The fraction of sp³-hybridized carbons (Fsp3) is 0.316. The average Bonchev–Trinajstić information content (AvgIpc) is 3.44. The van der Waals surface area contributed by atoms with Crippen LogP contribution in [-0.4, -0.2) is 9.86 Å². The first-order chi connectivity index (χ1) is 10.8. The quantitative estimate of drug-likeness (QED) is 0.757. The van der Waals surface area contributed by atoms with Crippen LogP contribution in [0.15, 0.2) is 70.5 Å². The van der Waals surface area contributed by atoms with Crippen LogP contribution in [0.3, 0.4) is 0 Å². The molecule has 0 amide bonds. The lowest BCUT2D eigenvalue weighted by Gasteiger charge is -2.38. The molecule has 2 aromatic carbocycles.